The zero-order chi connectivity index (χ0) is 18.8. The molecule has 29 heavy (non-hydrogen) atoms. The van der Waals surface area contributed by atoms with Gasteiger partial charge in [-0.15, -0.1) is 0 Å². The van der Waals surface area contributed by atoms with Crippen LogP contribution in [0.4, 0.5) is 0 Å². The van der Waals surface area contributed by atoms with Gasteiger partial charge in [-0.25, -0.2) is 0 Å². The normalized spacial score (nSPS) is 12.9. The van der Waals surface area contributed by atoms with Crippen molar-refractivity contribution in [3.05, 3.63) is 90.9 Å². The summed E-state index contributed by atoms with van der Waals surface area (Å²) in [4.78, 5) is 0. The van der Waals surface area contributed by atoms with Crippen molar-refractivity contribution in [1.82, 2.24) is 0 Å². The van der Waals surface area contributed by atoms with Crippen LogP contribution in [-0.4, -0.2) is 0 Å². The van der Waals surface area contributed by atoms with Crippen LogP contribution in [0.3, 0.4) is 0 Å². The number of allylic oxidation sites excluding steroid dienone is 4. The molecule has 0 radical (unpaired) electrons. The molecule has 1 aliphatic carbocycles. The first kappa shape index (κ1) is 28.5. The molecule has 2 aromatic carbocycles. The monoisotopic (exact) mass is 482 g/mol. The van der Waals surface area contributed by atoms with Crippen LogP contribution in [0.2, 0.25) is 0 Å². The average Bonchev–Trinajstić information content (AvgIpc) is 2.88. The van der Waals surface area contributed by atoms with Gasteiger partial charge in [0.15, 0.2) is 0 Å². The van der Waals surface area contributed by atoms with Crippen LogP contribution >= 0.6 is 0 Å². The van der Waals surface area contributed by atoms with Gasteiger partial charge in [0.1, 0.15) is 0 Å². The quantitative estimate of drug-likeness (QED) is 0.432. The summed E-state index contributed by atoms with van der Waals surface area (Å²) in [6.45, 7) is 11.1. The number of hydrogen-bond donors (Lipinski definition) is 0. The molecule has 3 rings (SSSR count). The van der Waals surface area contributed by atoms with Crippen LogP contribution in [0.25, 0.3) is 0 Å². The molecule has 0 saturated heterocycles. The maximum atomic E-state index is 2.46. The van der Waals surface area contributed by atoms with Gasteiger partial charge in [0, 0.05) is 0 Å². The van der Waals surface area contributed by atoms with E-state index in [-0.39, 0.29) is 37.2 Å². The van der Waals surface area contributed by atoms with E-state index in [1.54, 1.807) is 11.1 Å². The molecule has 0 heterocycles. The van der Waals surface area contributed by atoms with Gasteiger partial charge in [-0.2, -0.15) is 0 Å². The van der Waals surface area contributed by atoms with Crippen molar-refractivity contribution in [2.24, 2.45) is 0 Å². The van der Waals surface area contributed by atoms with Crippen molar-refractivity contribution in [2.75, 3.05) is 0 Å². The van der Waals surface area contributed by atoms with Gasteiger partial charge in [0.05, 0.1) is 0 Å². The Morgan fingerprint density at radius 3 is 1.55 bits per heavy atom. The third kappa shape index (κ3) is 6.74. The predicted octanol–water partition coefficient (Wildman–Crippen LogP) is -2.00. The fourth-order valence-electron chi connectivity index (χ4n) is 4.35. The van der Waals surface area contributed by atoms with Crippen molar-refractivity contribution >= 4 is 0 Å². The van der Waals surface area contributed by atoms with Crippen molar-refractivity contribution in [3.63, 3.8) is 0 Å². The second kappa shape index (κ2) is 12.4. The zero-order valence-corrected chi connectivity index (χ0v) is 21.7. The molecular formula is C25H29Cl3Ti. The van der Waals surface area contributed by atoms with E-state index < -0.39 is 0 Å². The van der Waals surface area contributed by atoms with E-state index in [0.29, 0.717) is 5.92 Å². The molecule has 0 spiro atoms. The Balaban J connectivity index is 0.00000261. The van der Waals surface area contributed by atoms with Crippen LogP contribution in [0, 0.1) is 27.7 Å². The molecule has 0 saturated carbocycles. The number of hydrogen-bond acceptors (Lipinski definition) is 0. The summed E-state index contributed by atoms with van der Waals surface area (Å²) >= 11 is 2.34. The van der Waals surface area contributed by atoms with Gasteiger partial charge in [-0.1, -0.05) is 0 Å². The minimum absolute atomic E-state index is 0. The first-order valence-corrected chi connectivity index (χ1v) is 10.5. The average molecular weight is 484 g/mol. The van der Waals surface area contributed by atoms with Crippen molar-refractivity contribution < 1.29 is 57.7 Å². The number of benzene rings is 2. The fraction of sp³-hybridized carbons (Fsp3) is 0.360. The smallest absolute Gasteiger partial charge is 1.00 e. The fourth-order valence-corrected chi connectivity index (χ4v) is 5.09. The van der Waals surface area contributed by atoms with Crippen molar-refractivity contribution in [2.45, 2.75) is 59.8 Å². The van der Waals surface area contributed by atoms with E-state index in [4.69, 9.17) is 0 Å². The summed E-state index contributed by atoms with van der Waals surface area (Å²) in [7, 11) is 0. The molecule has 0 nitrogen and oxygen atoms in total. The van der Waals surface area contributed by atoms with Crippen LogP contribution in [0.5, 0.6) is 0 Å². The van der Waals surface area contributed by atoms with E-state index in [0.717, 1.165) is 6.42 Å². The van der Waals surface area contributed by atoms with E-state index in [1.165, 1.54) is 50.1 Å². The van der Waals surface area contributed by atoms with Gasteiger partial charge >= 0.3 is 171 Å². The second-order valence-corrected chi connectivity index (χ2v) is 8.64. The second-order valence-electron chi connectivity index (χ2n) is 7.86. The molecule has 0 aliphatic heterocycles. The van der Waals surface area contributed by atoms with Gasteiger partial charge < -0.3 is 37.2 Å². The largest absolute Gasteiger partial charge is 1.00 e. The molecule has 0 fully saturated rings. The van der Waals surface area contributed by atoms with Gasteiger partial charge in [0.2, 0.25) is 0 Å². The Morgan fingerprint density at radius 2 is 1.17 bits per heavy atom. The Hall–Kier alpha value is -0.496. The molecule has 0 aromatic heterocycles. The summed E-state index contributed by atoms with van der Waals surface area (Å²) in [5, 5.41) is 0. The molecule has 4 heteroatoms. The summed E-state index contributed by atoms with van der Waals surface area (Å²) in [5.74, 6) is 0.359. The van der Waals surface area contributed by atoms with E-state index in [2.05, 4.69) is 97.5 Å². The summed E-state index contributed by atoms with van der Waals surface area (Å²) in [6, 6.07) is 14.1. The van der Waals surface area contributed by atoms with E-state index in [1.807, 2.05) is 0 Å². The van der Waals surface area contributed by atoms with E-state index in [9.17, 15) is 0 Å². The molecule has 0 N–H and O–H groups in total. The van der Waals surface area contributed by atoms with Crippen LogP contribution < -0.4 is 37.2 Å². The molecule has 154 valence electrons. The van der Waals surface area contributed by atoms with Crippen molar-refractivity contribution in [3.8, 4) is 0 Å². The van der Waals surface area contributed by atoms with E-state index >= 15 is 0 Å². The minimum atomic E-state index is 0. The van der Waals surface area contributed by atoms with Crippen LogP contribution in [-0.2, 0) is 20.4 Å². The summed E-state index contributed by atoms with van der Waals surface area (Å²) < 4.78 is 1.52. The molecule has 0 atom stereocenters. The van der Waals surface area contributed by atoms with Gasteiger partial charge in [0.25, 0.3) is 0 Å². The standard InChI is InChI=1S/C25H29.3ClH.Ti/c1-6-7-21-8-9-22(16-21)25(23-12-17(2)10-18(3)13-23)24-14-19(4)11-20(5)15-24;;;;/h8,10-15,25H,6-7,9H2,1-5H3;3*1H;/q;;;;+3/p-3. The van der Waals surface area contributed by atoms with Crippen molar-refractivity contribution in [1.29, 1.82) is 0 Å². The Kier molecular flexibility index (Phi) is 12.2. The van der Waals surface area contributed by atoms with Gasteiger partial charge in [-0.05, 0) is 0 Å². The maximum Gasteiger partial charge on any atom is -1.00 e. The third-order valence-electron chi connectivity index (χ3n) is 5.23. The minimum Gasteiger partial charge on any atom is -1.00 e. The zero-order valence-electron chi connectivity index (χ0n) is 17.9. The van der Waals surface area contributed by atoms with Gasteiger partial charge in [-0.3, -0.25) is 0 Å². The third-order valence-corrected chi connectivity index (χ3v) is 6.24. The Morgan fingerprint density at radius 1 is 0.759 bits per heavy atom. The molecule has 0 unspecified atom stereocenters. The number of aryl methyl sites for hydroxylation is 4. The molecule has 0 amide bonds. The molecule has 0 bridgehead atoms. The Bertz CT molecular complexity index is 805. The number of rotatable bonds is 5. The summed E-state index contributed by atoms with van der Waals surface area (Å²) in [6.07, 6.45) is 5.97. The van der Waals surface area contributed by atoms with Crippen LogP contribution in [0.1, 0.15) is 65.5 Å². The first-order valence-electron chi connectivity index (χ1n) is 9.69. The number of halogens is 3. The predicted molar refractivity (Wildman–Crippen MR) is 108 cm³/mol. The molecule has 1 aliphatic rings. The first-order chi connectivity index (χ1) is 12.4. The molecule has 2 aromatic rings. The molecular weight excluding hydrogens is 455 g/mol. The van der Waals surface area contributed by atoms with Crippen LogP contribution in [0.15, 0.2) is 57.5 Å². The Labute approximate surface area is 207 Å². The maximum absolute atomic E-state index is 2.46. The SMILES string of the molecule is CCCC1=CCC(C(c2cc(C)cc(C)c2)c2cc(C)cc(C)c2)=[C]1[Ti+3].[Cl-].[Cl-].[Cl-]. The topological polar surface area (TPSA) is 0 Å². The summed E-state index contributed by atoms with van der Waals surface area (Å²) in [5.41, 5.74) is 11.4.